The van der Waals surface area contributed by atoms with Crippen molar-refractivity contribution in [3.05, 3.63) is 71.8 Å². The topological polar surface area (TPSA) is 66.8 Å². The Morgan fingerprint density at radius 3 is 1.58 bits per heavy atom. The number of hydrogen-bond donors (Lipinski definition) is 2. The van der Waals surface area contributed by atoms with Gasteiger partial charge >= 0.3 is 0 Å². The lowest BCUT2D eigenvalue weighted by molar-refractivity contribution is -0.134. The van der Waals surface area contributed by atoms with Gasteiger partial charge in [0.1, 0.15) is 0 Å². The number of benzene rings is 2. The molecule has 0 saturated heterocycles. The fourth-order valence-corrected chi connectivity index (χ4v) is 1.76. The molecule has 4 nitrogen and oxygen atoms in total. The Morgan fingerprint density at radius 1 is 0.917 bits per heavy atom. The highest BCUT2D eigenvalue weighted by molar-refractivity contribution is 7.80. The van der Waals surface area contributed by atoms with Crippen molar-refractivity contribution in [3.63, 3.8) is 0 Å². The van der Waals surface area contributed by atoms with Crippen molar-refractivity contribution in [1.82, 2.24) is 0 Å². The van der Waals surface area contributed by atoms with E-state index in [4.69, 9.17) is 32.0 Å². The third-order valence-corrected chi connectivity index (χ3v) is 2.89. The Labute approximate surface area is 152 Å². The Balaban J connectivity index is 0.000000367. The molecule has 0 unspecified atom stereocenters. The Hall–Kier alpha value is -2.31. The first kappa shape index (κ1) is 21.7. The van der Waals surface area contributed by atoms with Crippen molar-refractivity contribution in [2.75, 3.05) is 6.61 Å². The van der Waals surface area contributed by atoms with Gasteiger partial charge in [-0.2, -0.15) is 0 Å². The molecule has 0 saturated carbocycles. The van der Waals surface area contributed by atoms with E-state index in [0.29, 0.717) is 17.2 Å². The summed E-state index contributed by atoms with van der Waals surface area (Å²) in [6.45, 7) is 3.64. The summed E-state index contributed by atoms with van der Waals surface area (Å²) in [5, 5.41) is 16.7. The molecule has 0 amide bonds. The maximum absolute atomic E-state index is 9.00. The van der Waals surface area contributed by atoms with E-state index in [0.717, 1.165) is 12.5 Å². The standard InChI is InChI=1S/C9H10OS.C7H6OS.C2H4O2/c1-2-10-9(11)8-6-4-3-5-7-8;8-7(9)6-4-2-1-3-5-6;1-2(3)4/h3-7H,2H2,1H3;1-5H,(H,8,9);1H3,(H,3,4). The minimum atomic E-state index is -0.833. The van der Waals surface area contributed by atoms with Gasteiger partial charge in [-0.25, -0.2) is 0 Å². The van der Waals surface area contributed by atoms with Crippen LogP contribution in [0.4, 0.5) is 0 Å². The van der Waals surface area contributed by atoms with Crippen LogP contribution in [0.15, 0.2) is 60.7 Å². The van der Waals surface area contributed by atoms with E-state index in [1.165, 1.54) is 0 Å². The summed E-state index contributed by atoms with van der Waals surface area (Å²) >= 11 is 9.52. The molecule has 2 aromatic rings. The van der Waals surface area contributed by atoms with Crippen LogP contribution in [0.3, 0.4) is 0 Å². The van der Waals surface area contributed by atoms with Crippen LogP contribution in [-0.4, -0.2) is 32.9 Å². The van der Waals surface area contributed by atoms with Gasteiger partial charge in [0.2, 0.25) is 0 Å². The van der Waals surface area contributed by atoms with E-state index in [2.05, 4.69) is 12.2 Å². The molecule has 0 aliphatic rings. The highest BCUT2D eigenvalue weighted by Crippen LogP contribution is 2.01. The molecule has 0 atom stereocenters. The van der Waals surface area contributed by atoms with Crippen LogP contribution >= 0.6 is 24.4 Å². The molecule has 0 aliphatic carbocycles. The van der Waals surface area contributed by atoms with E-state index in [1.54, 1.807) is 12.1 Å². The third-order valence-electron chi connectivity index (χ3n) is 2.31. The average Bonchev–Trinajstić information content (AvgIpc) is 2.57. The predicted molar refractivity (Wildman–Crippen MR) is 104 cm³/mol. The summed E-state index contributed by atoms with van der Waals surface area (Å²) in [6.07, 6.45) is 0. The average molecular weight is 364 g/mol. The lowest BCUT2D eigenvalue weighted by Gasteiger charge is -2.02. The van der Waals surface area contributed by atoms with Gasteiger partial charge in [-0.05, 0) is 31.4 Å². The molecule has 0 heterocycles. The smallest absolute Gasteiger partial charge is 0.300 e. The molecule has 0 spiro atoms. The van der Waals surface area contributed by atoms with Gasteiger partial charge < -0.3 is 14.9 Å². The second-order valence-corrected chi connectivity index (χ2v) is 5.03. The zero-order chi connectivity index (χ0) is 18.4. The Morgan fingerprint density at radius 2 is 1.29 bits per heavy atom. The van der Waals surface area contributed by atoms with Gasteiger partial charge in [-0.3, -0.25) is 4.79 Å². The third kappa shape index (κ3) is 11.3. The van der Waals surface area contributed by atoms with Gasteiger partial charge in [0.15, 0.2) is 10.1 Å². The molecule has 0 fully saturated rings. The number of aliphatic carboxylic acids is 1. The minimum Gasteiger partial charge on any atom is -0.499 e. The van der Waals surface area contributed by atoms with E-state index < -0.39 is 5.97 Å². The molecule has 0 bridgehead atoms. The SMILES string of the molecule is CC(=O)O.CCOC(=S)c1ccccc1.OC(=S)c1ccccc1. The number of hydrogen-bond acceptors (Lipinski definition) is 4. The highest BCUT2D eigenvalue weighted by Gasteiger charge is 1.97. The molecule has 6 heteroatoms. The molecule has 2 aromatic carbocycles. The summed E-state index contributed by atoms with van der Waals surface area (Å²) in [5.41, 5.74) is 1.68. The molecular formula is C18H20O4S2. The quantitative estimate of drug-likeness (QED) is 0.787. The van der Waals surface area contributed by atoms with Gasteiger partial charge in [-0.1, -0.05) is 60.7 Å². The Kier molecular flexibility index (Phi) is 11.9. The maximum Gasteiger partial charge on any atom is 0.300 e. The largest absolute Gasteiger partial charge is 0.499 e. The van der Waals surface area contributed by atoms with Crippen LogP contribution in [0, 0.1) is 0 Å². The van der Waals surface area contributed by atoms with E-state index in [1.807, 2.05) is 55.5 Å². The van der Waals surface area contributed by atoms with Crippen LogP contribution in [0.5, 0.6) is 0 Å². The number of aliphatic hydroxyl groups is 1. The van der Waals surface area contributed by atoms with Crippen molar-refractivity contribution in [2.45, 2.75) is 13.8 Å². The van der Waals surface area contributed by atoms with Crippen LogP contribution in [0.2, 0.25) is 0 Å². The van der Waals surface area contributed by atoms with Gasteiger partial charge in [-0.15, -0.1) is 0 Å². The summed E-state index contributed by atoms with van der Waals surface area (Å²) in [5.74, 6) is -0.833. The second kappa shape index (κ2) is 13.2. The van der Waals surface area contributed by atoms with Crippen molar-refractivity contribution in [2.24, 2.45) is 0 Å². The molecule has 0 radical (unpaired) electrons. The first-order chi connectivity index (χ1) is 11.4. The zero-order valence-electron chi connectivity index (χ0n) is 13.5. The number of aliphatic hydroxyl groups excluding tert-OH is 1. The molecule has 0 aromatic heterocycles. The van der Waals surface area contributed by atoms with Crippen molar-refractivity contribution < 1.29 is 19.7 Å². The van der Waals surface area contributed by atoms with Crippen LogP contribution in [-0.2, 0) is 9.53 Å². The molecule has 24 heavy (non-hydrogen) atoms. The number of thiocarbonyl (C=S) groups is 2. The van der Waals surface area contributed by atoms with E-state index in [9.17, 15) is 0 Å². The van der Waals surface area contributed by atoms with Gasteiger partial charge in [0.25, 0.3) is 5.97 Å². The number of carboxylic acid groups (broad SMARTS) is 1. The fourth-order valence-electron chi connectivity index (χ4n) is 1.37. The van der Waals surface area contributed by atoms with Gasteiger partial charge in [0.05, 0.1) is 6.61 Å². The van der Waals surface area contributed by atoms with Crippen molar-refractivity contribution in [1.29, 1.82) is 0 Å². The lowest BCUT2D eigenvalue weighted by Crippen LogP contribution is -2.01. The number of ether oxygens (including phenoxy) is 1. The summed E-state index contributed by atoms with van der Waals surface area (Å²) in [7, 11) is 0. The molecule has 2 rings (SSSR count). The minimum absolute atomic E-state index is 0.0457. The van der Waals surface area contributed by atoms with Crippen molar-refractivity contribution >= 4 is 40.5 Å². The highest BCUT2D eigenvalue weighted by atomic mass is 32.1. The summed E-state index contributed by atoms with van der Waals surface area (Å²) in [4.78, 5) is 9.00. The number of carboxylic acids is 1. The number of carbonyl (C=O) groups is 1. The summed E-state index contributed by atoms with van der Waals surface area (Å²) in [6, 6.07) is 18.8. The first-order valence-corrected chi connectivity index (χ1v) is 7.90. The van der Waals surface area contributed by atoms with E-state index in [-0.39, 0.29) is 5.05 Å². The Bertz CT molecular complexity index is 624. The zero-order valence-corrected chi connectivity index (χ0v) is 15.1. The van der Waals surface area contributed by atoms with E-state index >= 15 is 0 Å². The number of rotatable bonds is 3. The second-order valence-electron chi connectivity index (χ2n) is 4.28. The monoisotopic (exact) mass is 364 g/mol. The maximum atomic E-state index is 9.00. The molecule has 0 aliphatic heterocycles. The van der Waals surface area contributed by atoms with Crippen LogP contribution in [0.25, 0.3) is 0 Å². The molecule has 2 N–H and O–H groups in total. The van der Waals surface area contributed by atoms with Crippen molar-refractivity contribution in [3.8, 4) is 0 Å². The lowest BCUT2D eigenvalue weighted by atomic mass is 10.2. The molecule has 128 valence electrons. The van der Waals surface area contributed by atoms with Crippen LogP contribution in [0.1, 0.15) is 25.0 Å². The van der Waals surface area contributed by atoms with Crippen LogP contribution < -0.4 is 0 Å². The summed E-state index contributed by atoms with van der Waals surface area (Å²) < 4.78 is 5.16. The fraction of sp³-hybridized carbons (Fsp3) is 0.167. The molecular weight excluding hydrogens is 344 g/mol. The first-order valence-electron chi connectivity index (χ1n) is 7.08. The predicted octanol–water partition coefficient (Wildman–Crippen LogP) is 4.41. The normalized spacial score (nSPS) is 8.58. The van der Waals surface area contributed by atoms with Gasteiger partial charge in [0, 0.05) is 18.1 Å².